The van der Waals surface area contributed by atoms with Crippen molar-refractivity contribution in [1.29, 1.82) is 0 Å². The molecule has 96 valence electrons. The third-order valence-corrected chi connectivity index (χ3v) is 3.63. The van der Waals surface area contributed by atoms with Crippen molar-refractivity contribution in [2.45, 2.75) is 26.3 Å². The zero-order valence-corrected chi connectivity index (χ0v) is 11.6. The summed E-state index contributed by atoms with van der Waals surface area (Å²) in [6.45, 7) is 6.31. The minimum atomic E-state index is -0.288. The van der Waals surface area contributed by atoms with E-state index in [1.54, 1.807) is 12.1 Å². The summed E-state index contributed by atoms with van der Waals surface area (Å²) in [6.07, 6.45) is 2.04. The molecule has 1 atom stereocenters. The molecule has 2 rings (SSSR count). The highest BCUT2D eigenvalue weighted by Crippen LogP contribution is 2.36. The van der Waals surface area contributed by atoms with Crippen molar-refractivity contribution in [3.63, 3.8) is 0 Å². The third-order valence-electron chi connectivity index (χ3n) is 2.68. The van der Waals surface area contributed by atoms with Gasteiger partial charge in [0.15, 0.2) is 0 Å². The van der Waals surface area contributed by atoms with E-state index in [1.165, 1.54) is 23.9 Å². The second kappa shape index (κ2) is 4.86. The van der Waals surface area contributed by atoms with E-state index in [0.29, 0.717) is 0 Å². The smallest absolute Gasteiger partial charge is 0.149 e. The average molecular weight is 264 g/mol. The molecule has 0 radical (unpaired) electrons. The first-order valence-corrected chi connectivity index (χ1v) is 6.72. The Labute approximate surface area is 111 Å². The number of allylic oxidation sites excluding steroid dienone is 1. The molecule has 18 heavy (non-hydrogen) atoms. The molecule has 1 aliphatic rings. The lowest BCUT2D eigenvalue weighted by Crippen LogP contribution is -2.26. The van der Waals surface area contributed by atoms with E-state index < -0.39 is 0 Å². The summed E-state index contributed by atoms with van der Waals surface area (Å²) >= 11 is 1.49. The lowest BCUT2D eigenvalue weighted by atomic mass is 9.89. The molecule has 0 fully saturated rings. The van der Waals surface area contributed by atoms with Crippen LogP contribution in [0.1, 0.15) is 26.3 Å². The summed E-state index contributed by atoms with van der Waals surface area (Å²) in [7, 11) is 0. The Bertz CT molecular complexity index is 498. The van der Waals surface area contributed by atoms with Gasteiger partial charge in [-0.25, -0.2) is 4.39 Å². The summed E-state index contributed by atoms with van der Waals surface area (Å²) < 4.78 is 12.9. The molecule has 0 saturated heterocycles. The number of thioether (sulfide) groups is 1. The van der Waals surface area contributed by atoms with Crippen molar-refractivity contribution in [3.05, 3.63) is 41.7 Å². The van der Waals surface area contributed by atoms with E-state index >= 15 is 0 Å². The number of nitrogens with two attached hydrogens (primary N) is 1. The van der Waals surface area contributed by atoms with Crippen LogP contribution in [0, 0.1) is 11.2 Å². The first-order chi connectivity index (χ1) is 8.36. The van der Waals surface area contributed by atoms with Crippen molar-refractivity contribution < 1.29 is 4.39 Å². The number of nitrogens with zero attached hydrogens (tertiary/aromatic N) is 1. The summed E-state index contributed by atoms with van der Waals surface area (Å²) in [6, 6.07) is 6.47. The highest BCUT2D eigenvalue weighted by atomic mass is 32.2. The van der Waals surface area contributed by atoms with Gasteiger partial charge in [0.2, 0.25) is 0 Å². The number of hydrogen-bond donors (Lipinski definition) is 1. The standard InChI is InChI=1S/C14H17FN2S/c1-14(2,3)12-8-11(18-13(16)17-12)9-4-6-10(15)7-5-9/h4-8,13H,16H2,1-3H3. The minimum Gasteiger partial charge on any atom is -0.301 e. The topological polar surface area (TPSA) is 38.4 Å². The van der Waals surface area contributed by atoms with Gasteiger partial charge in [-0.2, -0.15) is 0 Å². The van der Waals surface area contributed by atoms with Gasteiger partial charge in [-0.1, -0.05) is 44.7 Å². The highest BCUT2D eigenvalue weighted by molar-refractivity contribution is 8.08. The fraction of sp³-hybridized carbons (Fsp3) is 0.357. The van der Waals surface area contributed by atoms with E-state index in [0.717, 1.165) is 16.2 Å². The number of hydrogen-bond acceptors (Lipinski definition) is 3. The molecule has 1 aromatic rings. The van der Waals surface area contributed by atoms with Gasteiger partial charge in [-0.3, -0.25) is 4.99 Å². The Morgan fingerprint density at radius 1 is 1.22 bits per heavy atom. The molecule has 2 N–H and O–H groups in total. The Hall–Kier alpha value is -1.13. The summed E-state index contributed by atoms with van der Waals surface area (Å²) in [4.78, 5) is 5.50. The maximum atomic E-state index is 12.9. The Kier molecular flexibility index (Phi) is 3.59. The predicted molar refractivity (Wildman–Crippen MR) is 76.8 cm³/mol. The Morgan fingerprint density at radius 3 is 2.39 bits per heavy atom. The first kappa shape index (κ1) is 13.3. The Morgan fingerprint density at radius 2 is 1.83 bits per heavy atom. The van der Waals surface area contributed by atoms with Crippen LogP contribution in [-0.2, 0) is 0 Å². The monoisotopic (exact) mass is 264 g/mol. The van der Waals surface area contributed by atoms with E-state index in [9.17, 15) is 4.39 Å². The van der Waals surface area contributed by atoms with Crippen molar-refractivity contribution in [2.75, 3.05) is 0 Å². The van der Waals surface area contributed by atoms with Gasteiger partial charge in [0.25, 0.3) is 0 Å². The summed E-state index contributed by atoms with van der Waals surface area (Å²) in [5.41, 5.74) is 7.57. The second-order valence-corrected chi connectivity index (χ2v) is 6.45. The van der Waals surface area contributed by atoms with Crippen LogP contribution in [0.4, 0.5) is 4.39 Å². The molecule has 1 unspecified atom stereocenters. The molecule has 1 aromatic carbocycles. The van der Waals surface area contributed by atoms with E-state index in [4.69, 9.17) is 5.73 Å². The van der Waals surface area contributed by atoms with Gasteiger partial charge >= 0.3 is 0 Å². The molecule has 1 aliphatic heterocycles. The van der Waals surface area contributed by atoms with Crippen molar-refractivity contribution in [3.8, 4) is 0 Å². The molecule has 0 aliphatic carbocycles. The SMILES string of the molecule is CC(C)(C)C1=NC(N)SC(c2ccc(F)cc2)=C1. The van der Waals surface area contributed by atoms with Crippen LogP contribution >= 0.6 is 11.8 Å². The van der Waals surface area contributed by atoms with Crippen LogP contribution in [0.15, 0.2) is 35.3 Å². The molecule has 2 nitrogen and oxygen atoms in total. The summed E-state index contributed by atoms with van der Waals surface area (Å²) in [5.74, 6) is -0.228. The maximum Gasteiger partial charge on any atom is 0.149 e. The largest absolute Gasteiger partial charge is 0.301 e. The third kappa shape index (κ3) is 3.00. The predicted octanol–water partition coefficient (Wildman–Crippen LogP) is 3.64. The highest BCUT2D eigenvalue weighted by Gasteiger charge is 2.23. The van der Waals surface area contributed by atoms with Gasteiger partial charge < -0.3 is 5.73 Å². The van der Waals surface area contributed by atoms with Crippen LogP contribution in [0.25, 0.3) is 4.91 Å². The van der Waals surface area contributed by atoms with E-state index in [2.05, 4.69) is 25.8 Å². The number of aliphatic imine (C=N–C) groups is 1. The minimum absolute atomic E-state index is 0.0378. The van der Waals surface area contributed by atoms with Gasteiger partial charge in [0.1, 0.15) is 11.3 Å². The van der Waals surface area contributed by atoms with Gasteiger partial charge in [-0.15, -0.1) is 0 Å². The number of benzene rings is 1. The van der Waals surface area contributed by atoms with Crippen molar-refractivity contribution >= 4 is 22.4 Å². The van der Waals surface area contributed by atoms with Crippen LogP contribution in [0.3, 0.4) is 0 Å². The van der Waals surface area contributed by atoms with Crippen LogP contribution in [0.5, 0.6) is 0 Å². The van der Waals surface area contributed by atoms with Crippen LogP contribution < -0.4 is 5.73 Å². The quantitative estimate of drug-likeness (QED) is 0.841. The molecule has 0 amide bonds. The molecule has 0 aromatic heterocycles. The lowest BCUT2D eigenvalue weighted by molar-refractivity contribution is 0.590. The molecule has 0 bridgehead atoms. The van der Waals surface area contributed by atoms with Gasteiger partial charge in [0.05, 0.1) is 0 Å². The fourth-order valence-electron chi connectivity index (χ4n) is 1.66. The zero-order chi connectivity index (χ0) is 13.3. The molecule has 0 spiro atoms. The van der Waals surface area contributed by atoms with E-state index in [-0.39, 0.29) is 16.7 Å². The van der Waals surface area contributed by atoms with Gasteiger partial charge in [0, 0.05) is 16.0 Å². The van der Waals surface area contributed by atoms with E-state index in [1.807, 2.05) is 6.08 Å². The van der Waals surface area contributed by atoms with Crippen LogP contribution in [0.2, 0.25) is 0 Å². The zero-order valence-electron chi connectivity index (χ0n) is 10.8. The van der Waals surface area contributed by atoms with Gasteiger partial charge in [-0.05, 0) is 23.8 Å². The Balaban J connectivity index is 2.37. The molecular formula is C14H17FN2S. The normalized spacial score (nSPS) is 20.4. The molecule has 0 saturated carbocycles. The lowest BCUT2D eigenvalue weighted by Gasteiger charge is -2.25. The average Bonchev–Trinajstić information content (AvgIpc) is 2.28. The van der Waals surface area contributed by atoms with Crippen molar-refractivity contribution in [2.24, 2.45) is 16.1 Å². The molecule has 4 heteroatoms. The molecular weight excluding hydrogens is 247 g/mol. The first-order valence-electron chi connectivity index (χ1n) is 5.84. The summed E-state index contributed by atoms with van der Waals surface area (Å²) in [5, 5.41) is 0. The van der Waals surface area contributed by atoms with Crippen molar-refractivity contribution in [1.82, 2.24) is 0 Å². The number of halogens is 1. The second-order valence-electron chi connectivity index (χ2n) is 5.29. The van der Waals surface area contributed by atoms with Crippen LogP contribution in [-0.4, -0.2) is 11.2 Å². The maximum absolute atomic E-state index is 12.9. The molecule has 1 heterocycles. The number of rotatable bonds is 1. The fourth-order valence-corrected chi connectivity index (χ4v) is 2.54.